The lowest BCUT2D eigenvalue weighted by molar-refractivity contribution is 0.226. The van der Waals surface area contributed by atoms with Gasteiger partial charge in [0.15, 0.2) is 0 Å². The van der Waals surface area contributed by atoms with Crippen LogP contribution in [0.5, 0.6) is 0 Å². The van der Waals surface area contributed by atoms with Crippen LogP contribution in [0.4, 0.5) is 10.1 Å². The highest BCUT2D eigenvalue weighted by atomic mass is 19.1. The van der Waals surface area contributed by atoms with Gasteiger partial charge < -0.3 is 15.1 Å². The largest absolute Gasteiger partial charge is 0.371 e. The van der Waals surface area contributed by atoms with E-state index in [0.29, 0.717) is 0 Å². The lowest BCUT2D eigenvalue weighted by Crippen LogP contribution is -2.40. The average molecular weight is 371 g/mol. The number of halogens is 1. The van der Waals surface area contributed by atoms with Crippen LogP contribution >= 0.6 is 0 Å². The maximum atomic E-state index is 13.7. The monoisotopic (exact) mass is 370 g/mol. The third-order valence-electron chi connectivity index (χ3n) is 6.12. The maximum absolute atomic E-state index is 13.7. The van der Waals surface area contributed by atoms with Crippen LogP contribution in [0.25, 0.3) is 10.9 Å². The molecule has 4 nitrogen and oxygen atoms in total. The van der Waals surface area contributed by atoms with Crippen molar-refractivity contribution >= 4 is 16.6 Å². The Hall–Kier alpha value is -1.72. The highest BCUT2D eigenvalue weighted by Crippen LogP contribution is 2.29. The van der Waals surface area contributed by atoms with Crippen molar-refractivity contribution in [3.05, 3.63) is 36.3 Å². The van der Waals surface area contributed by atoms with E-state index in [1.807, 2.05) is 12.3 Å². The molecule has 1 aromatic carbocycles. The van der Waals surface area contributed by atoms with Crippen LogP contribution in [-0.2, 0) is 0 Å². The van der Waals surface area contributed by atoms with E-state index < -0.39 is 0 Å². The molecular formula is C22H31FN4. The first-order valence-corrected chi connectivity index (χ1v) is 10.5. The van der Waals surface area contributed by atoms with Gasteiger partial charge in [0, 0.05) is 43.4 Å². The first-order chi connectivity index (χ1) is 13.3. The molecule has 0 spiro atoms. The van der Waals surface area contributed by atoms with Gasteiger partial charge in [-0.15, -0.1) is 0 Å². The van der Waals surface area contributed by atoms with Gasteiger partial charge in [-0.25, -0.2) is 4.39 Å². The van der Waals surface area contributed by atoms with E-state index in [9.17, 15) is 4.39 Å². The van der Waals surface area contributed by atoms with Gasteiger partial charge in [-0.05, 0) is 75.5 Å². The number of hydrogen-bond acceptors (Lipinski definition) is 4. The smallest absolute Gasteiger partial charge is 0.124 e. The van der Waals surface area contributed by atoms with Crippen LogP contribution < -0.4 is 10.2 Å². The van der Waals surface area contributed by atoms with Gasteiger partial charge in [-0.3, -0.25) is 4.98 Å². The van der Waals surface area contributed by atoms with Gasteiger partial charge >= 0.3 is 0 Å². The Bertz CT molecular complexity index is 736. The van der Waals surface area contributed by atoms with E-state index in [-0.39, 0.29) is 5.82 Å². The number of aromatic nitrogens is 1. The summed E-state index contributed by atoms with van der Waals surface area (Å²) in [6.45, 7) is 8.04. The topological polar surface area (TPSA) is 31.4 Å². The summed E-state index contributed by atoms with van der Waals surface area (Å²) in [6, 6.07) is 6.90. The van der Waals surface area contributed by atoms with Gasteiger partial charge in [0.05, 0.1) is 5.52 Å². The molecule has 2 aromatic rings. The van der Waals surface area contributed by atoms with Crippen molar-refractivity contribution in [1.82, 2.24) is 15.2 Å². The molecule has 0 aliphatic carbocycles. The van der Waals surface area contributed by atoms with E-state index in [4.69, 9.17) is 0 Å². The van der Waals surface area contributed by atoms with E-state index in [1.54, 1.807) is 12.1 Å². The molecule has 2 aliphatic rings. The maximum Gasteiger partial charge on any atom is 0.124 e. The van der Waals surface area contributed by atoms with Gasteiger partial charge in [0.1, 0.15) is 5.82 Å². The highest BCUT2D eigenvalue weighted by Gasteiger charge is 2.21. The Kier molecular flexibility index (Phi) is 6.20. The summed E-state index contributed by atoms with van der Waals surface area (Å²) in [7, 11) is 0. The molecule has 1 N–H and O–H groups in total. The van der Waals surface area contributed by atoms with Crippen LogP contribution in [-0.4, -0.2) is 55.7 Å². The van der Waals surface area contributed by atoms with Crippen molar-refractivity contribution in [2.24, 2.45) is 5.92 Å². The number of rotatable bonds is 6. The molecular weight excluding hydrogens is 339 g/mol. The number of likely N-dealkylation sites (tertiary alicyclic amines) is 1. The normalized spacial score (nSPS) is 19.7. The molecule has 0 atom stereocenters. The Morgan fingerprint density at radius 2 is 1.85 bits per heavy atom. The Morgan fingerprint density at radius 1 is 1.04 bits per heavy atom. The molecule has 27 heavy (non-hydrogen) atoms. The molecule has 0 saturated carbocycles. The number of hydrogen-bond donors (Lipinski definition) is 1. The second-order valence-corrected chi connectivity index (χ2v) is 8.03. The molecule has 2 aliphatic heterocycles. The van der Waals surface area contributed by atoms with Crippen molar-refractivity contribution in [3.63, 3.8) is 0 Å². The fourth-order valence-electron chi connectivity index (χ4n) is 4.48. The van der Waals surface area contributed by atoms with Gasteiger partial charge in [0.2, 0.25) is 0 Å². The molecule has 4 rings (SSSR count). The third-order valence-corrected chi connectivity index (χ3v) is 6.12. The molecule has 0 unspecified atom stereocenters. The first-order valence-electron chi connectivity index (χ1n) is 10.5. The quantitative estimate of drug-likeness (QED) is 0.787. The molecule has 0 radical (unpaired) electrons. The predicted molar refractivity (Wildman–Crippen MR) is 110 cm³/mol. The van der Waals surface area contributed by atoms with E-state index in [1.165, 1.54) is 57.8 Å². The molecule has 2 saturated heterocycles. The molecule has 2 fully saturated rings. The second-order valence-electron chi connectivity index (χ2n) is 8.03. The first kappa shape index (κ1) is 18.6. The van der Waals surface area contributed by atoms with E-state index in [0.717, 1.165) is 48.7 Å². The van der Waals surface area contributed by atoms with Gasteiger partial charge in [0.25, 0.3) is 0 Å². The second kappa shape index (κ2) is 8.98. The zero-order valence-corrected chi connectivity index (χ0v) is 16.2. The zero-order chi connectivity index (χ0) is 18.5. The number of fused-ring (bicyclic) bond motifs is 1. The Balaban J connectivity index is 1.25. The zero-order valence-electron chi connectivity index (χ0n) is 16.2. The summed E-state index contributed by atoms with van der Waals surface area (Å²) >= 11 is 0. The van der Waals surface area contributed by atoms with Crippen molar-refractivity contribution in [1.29, 1.82) is 0 Å². The molecule has 1 aromatic heterocycles. The predicted octanol–water partition coefficient (Wildman–Crippen LogP) is 3.67. The minimum absolute atomic E-state index is 0.190. The van der Waals surface area contributed by atoms with Gasteiger partial charge in [-0.1, -0.05) is 6.42 Å². The summed E-state index contributed by atoms with van der Waals surface area (Å²) in [5.41, 5.74) is 1.99. The SMILES string of the molecule is Fc1ccc2nccc(N3CCC(CNCCN4CCCCC4)CC3)c2c1. The summed E-state index contributed by atoms with van der Waals surface area (Å²) < 4.78 is 13.7. The number of pyridine rings is 1. The van der Waals surface area contributed by atoms with E-state index in [2.05, 4.69) is 20.1 Å². The standard InChI is InChI=1S/C22H31FN4/c23-19-4-5-21-20(16-19)22(6-9-25-21)27-13-7-18(8-14-27)17-24-10-15-26-11-2-1-3-12-26/h4-6,9,16,18,24H,1-3,7-8,10-15,17H2. The van der Waals surface area contributed by atoms with Crippen LogP contribution in [0.15, 0.2) is 30.5 Å². The number of benzene rings is 1. The van der Waals surface area contributed by atoms with Crippen molar-refractivity contribution in [2.75, 3.05) is 50.7 Å². The Morgan fingerprint density at radius 3 is 2.67 bits per heavy atom. The fourth-order valence-corrected chi connectivity index (χ4v) is 4.48. The summed E-state index contributed by atoms with van der Waals surface area (Å²) in [4.78, 5) is 9.36. The molecule has 0 bridgehead atoms. The lowest BCUT2D eigenvalue weighted by atomic mass is 9.96. The molecule has 0 amide bonds. The number of nitrogens with zero attached hydrogens (tertiary/aromatic N) is 3. The Labute approximate surface area is 161 Å². The average Bonchev–Trinajstić information content (AvgIpc) is 2.72. The van der Waals surface area contributed by atoms with E-state index >= 15 is 0 Å². The number of anilines is 1. The van der Waals surface area contributed by atoms with Crippen LogP contribution in [0.1, 0.15) is 32.1 Å². The highest BCUT2D eigenvalue weighted by molar-refractivity contribution is 5.91. The van der Waals surface area contributed by atoms with Gasteiger partial charge in [-0.2, -0.15) is 0 Å². The summed E-state index contributed by atoms with van der Waals surface area (Å²) in [6.07, 6.45) is 8.36. The molecule has 3 heterocycles. The number of piperidine rings is 2. The van der Waals surface area contributed by atoms with Crippen molar-refractivity contribution in [2.45, 2.75) is 32.1 Å². The summed E-state index contributed by atoms with van der Waals surface area (Å²) in [5.74, 6) is 0.553. The fraction of sp³-hybridized carbons (Fsp3) is 0.591. The molecule has 5 heteroatoms. The van der Waals surface area contributed by atoms with Crippen LogP contribution in [0.2, 0.25) is 0 Å². The number of nitrogens with one attached hydrogen (secondary N) is 1. The summed E-state index contributed by atoms with van der Waals surface area (Å²) in [5, 5.41) is 4.60. The lowest BCUT2D eigenvalue weighted by Gasteiger charge is -2.34. The van der Waals surface area contributed by atoms with Crippen molar-refractivity contribution < 1.29 is 4.39 Å². The van der Waals surface area contributed by atoms with Crippen LogP contribution in [0.3, 0.4) is 0 Å². The van der Waals surface area contributed by atoms with Crippen molar-refractivity contribution in [3.8, 4) is 0 Å². The molecule has 146 valence electrons. The van der Waals surface area contributed by atoms with Crippen LogP contribution in [0, 0.1) is 11.7 Å². The third kappa shape index (κ3) is 4.77. The minimum atomic E-state index is -0.190. The minimum Gasteiger partial charge on any atom is -0.371 e.